The Kier molecular flexibility index (Phi) is 6.16. The smallest absolute Gasteiger partial charge is 0.123 e. The molecule has 0 amide bonds. The average Bonchev–Trinajstić information content (AvgIpc) is 2.35. The van der Waals surface area contributed by atoms with Gasteiger partial charge in [0.2, 0.25) is 0 Å². The summed E-state index contributed by atoms with van der Waals surface area (Å²) in [6.07, 6.45) is 1.16. The van der Waals surface area contributed by atoms with E-state index in [9.17, 15) is 0 Å². The predicted octanol–water partition coefficient (Wildman–Crippen LogP) is 2.82. The Bertz CT molecular complexity index is 364. The fourth-order valence-corrected chi connectivity index (χ4v) is 2.01. The summed E-state index contributed by atoms with van der Waals surface area (Å²) in [4.78, 5) is 2.16. The molecule has 1 rings (SSSR count). The van der Waals surface area contributed by atoms with Gasteiger partial charge in [-0.15, -0.1) is 0 Å². The molecule has 0 saturated carbocycles. The maximum absolute atomic E-state index is 5.42. The highest BCUT2D eigenvalue weighted by molar-refractivity contribution is 5.38. The van der Waals surface area contributed by atoms with Crippen LogP contribution < -0.4 is 10.1 Å². The minimum Gasteiger partial charge on any atom is -0.496 e. The van der Waals surface area contributed by atoms with Crippen molar-refractivity contribution in [3.63, 3.8) is 0 Å². The first-order valence-corrected chi connectivity index (χ1v) is 6.63. The van der Waals surface area contributed by atoms with Crippen molar-refractivity contribution >= 4 is 0 Å². The largest absolute Gasteiger partial charge is 0.496 e. The van der Waals surface area contributed by atoms with E-state index in [0.29, 0.717) is 6.04 Å². The Morgan fingerprint density at radius 1 is 1.33 bits per heavy atom. The third kappa shape index (κ3) is 4.31. The molecule has 3 heteroatoms. The first kappa shape index (κ1) is 15.0. The number of ether oxygens (including phenoxy) is 1. The van der Waals surface area contributed by atoms with Crippen molar-refractivity contribution in [2.75, 3.05) is 27.7 Å². The molecule has 0 aliphatic rings. The van der Waals surface area contributed by atoms with E-state index in [1.54, 1.807) is 7.11 Å². The molecule has 18 heavy (non-hydrogen) atoms. The number of nitrogens with one attached hydrogen (secondary N) is 1. The normalized spacial score (nSPS) is 12.8. The lowest BCUT2D eigenvalue weighted by molar-refractivity contribution is 0.371. The summed E-state index contributed by atoms with van der Waals surface area (Å²) in [5.74, 6) is 0.968. The summed E-state index contributed by atoms with van der Waals surface area (Å²) in [5, 5.41) is 3.51. The lowest BCUT2D eigenvalue weighted by Crippen LogP contribution is -2.20. The summed E-state index contributed by atoms with van der Waals surface area (Å²) in [5.41, 5.74) is 2.56. The Morgan fingerprint density at radius 2 is 2.06 bits per heavy atom. The van der Waals surface area contributed by atoms with Gasteiger partial charge in [0.25, 0.3) is 0 Å². The molecular weight excluding hydrogens is 224 g/mol. The van der Waals surface area contributed by atoms with Crippen molar-refractivity contribution in [3.8, 4) is 5.75 Å². The van der Waals surface area contributed by atoms with Crippen LogP contribution in [0, 0.1) is 0 Å². The molecule has 0 bridgehead atoms. The van der Waals surface area contributed by atoms with Crippen molar-refractivity contribution < 1.29 is 4.74 Å². The van der Waals surface area contributed by atoms with Gasteiger partial charge in [0.1, 0.15) is 5.75 Å². The number of benzene rings is 1. The maximum atomic E-state index is 5.42. The Balaban J connectivity index is 2.87. The summed E-state index contributed by atoms with van der Waals surface area (Å²) >= 11 is 0. The second-order valence-corrected chi connectivity index (χ2v) is 4.98. The van der Waals surface area contributed by atoms with Crippen molar-refractivity contribution in [2.45, 2.75) is 32.9 Å². The highest BCUT2D eigenvalue weighted by atomic mass is 16.5. The van der Waals surface area contributed by atoms with Gasteiger partial charge < -0.3 is 15.0 Å². The quantitative estimate of drug-likeness (QED) is 0.805. The van der Waals surface area contributed by atoms with Crippen molar-refractivity contribution in [1.82, 2.24) is 10.2 Å². The molecule has 1 aromatic carbocycles. The van der Waals surface area contributed by atoms with E-state index in [1.165, 1.54) is 11.1 Å². The van der Waals surface area contributed by atoms with Gasteiger partial charge >= 0.3 is 0 Å². The minimum atomic E-state index is 0.386. The van der Waals surface area contributed by atoms with E-state index in [0.717, 1.165) is 25.3 Å². The van der Waals surface area contributed by atoms with Crippen LogP contribution in [0.4, 0.5) is 0 Å². The van der Waals surface area contributed by atoms with E-state index in [-0.39, 0.29) is 0 Å². The van der Waals surface area contributed by atoms with E-state index < -0.39 is 0 Å². The topological polar surface area (TPSA) is 24.5 Å². The van der Waals surface area contributed by atoms with Crippen LogP contribution in [0.15, 0.2) is 18.2 Å². The molecule has 1 N–H and O–H groups in total. The Labute approximate surface area is 111 Å². The zero-order chi connectivity index (χ0) is 13.5. The van der Waals surface area contributed by atoms with Gasteiger partial charge in [-0.1, -0.05) is 13.0 Å². The molecular formula is C15H26N2O. The molecule has 0 fully saturated rings. The highest BCUT2D eigenvalue weighted by Gasteiger charge is 2.09. The van der Waals surface area contributed by atoms with Gasteiger partial charge in [-0.2, -0.15) is 0 Å². The van der Waals surface area contributed by atoms with Crippen LogP contribution >= 0.6 is 0 Å². The van der Waals surface area contributed by atoms with Crippen LogP contribution in [-0.4, -0.2) is 32.6 Å². The molecule has 1 atom stereocenters. The van der Waals surface area contributed by atoms with Gasteiger partial charge in [0, 0.05) is 18.2 Å². The molecule has 0 aromatic heterocycles. The fraction of sp³-hybridized carbons (Fsp3) is 0.600. The SMILES string of the molecule is CCCNC(C)c1ccc(OC)c(CN(C)C)c1. The standard InChI is InChI=1S/C15H26N2O/c1-6-9-16-12(2)13-7-8-15(18-5)14(10-13)11-17(3)4/h7-8,10,12,16H,6,9,11H2,1-5H3. The summed E-state index contributed by atoms with van der Waals surface area (Å²) < 4.78 is 5.42. The van der Waals surface area contributed by atoms with Crippen LogP contribution in [0.25, 0.3) is 0 Å². The second kappa shape index (κ2) is 7.39. The molecule has 0 saturated heterocycles. The molecule has 0 radical (unpaired) electrons. The predicted molar refractivity (Wildman–Crippen MR) is 77.1 cm³/mol. The van der Waals surface area contributed by atoms with Gasteiger partial charge in [-0.05, 0) is 51.7 Å². The third-order valence-electron chi connectivity index (χ3n) is 2.99. The van der Waals surface area contributed by atoms with Gasteiger partial charge in [-0.3, -0.25) is 0 Å². The molecule has 0 aliphatic heterocycles. The first-order valence-electron chi connectivity index (χ1n) is 6.63. The summed E-state index contributed by atoms with van der Waals surface area (Å²) in [7, 11) is 5.88. The fourth-order valence-electron chi connectivity index (χ4n) is 2.01. The zero-order valence-corrected chi connectivity index (χ0v) is 12.3. The van der Waals surface area contributed by atoms with Gasteiger partial charge in [0.05, 0.1) is 7.11 Å². The Hall–Kier alpha value is -1.06. The molecule has 1 aromatic rings. The van der Waals surface area contributed by atoms with E-state index in [4.69, 9.17) is 4.74 Å². The zero-order valence-electron chi connectivity index (χ0n) is 12.3. The molecule has 3 nitrogen and oxygen atoms in total. The third-order valence-corrected chi connectivity index (χ3v) is 2.99. The van der Waals surface area contributed by atoms with Gasteiger partial charge in [0.15, 0.2) is 0 Å². The van der Waals surface area contributed by atoms with Gasteiger partial charge in [-0.25, -0.2) is 0 Å². The molecule has 1 unspecified atom stereocenters. The number of hydrogen-bond donors (Lipinski definition) is 1. The number of methoxy groups -OCH3 is 1. The monoisotopic (exact) mass is 250 g/mol. The van der Waals surface area contributed by atoms with Crippen molar-refractivity contribution in [2.24, 2.45) is 0 Å². The summed E-state index contributed by atoms with van der Waals surface area (Å²) in [6.45, 7) is 6.34. The number of hydrogen-bond acceptors (Lipinski definition) is 3. The Morgan fingerprint density at radius 3 is 2.61 bits per heavy atom. The van der Waals surface area contributed by atoms with Crippen LogP contribution in [0.2, 0.25) is 0 Å². The molecule has 0 spiro atoms. The van der Waals surface area contributed by atoms with Crippen molar-refractivity contribution in [3.05, 3.63) is 29.3 Å². The lowest BCUT2D eigenvalue weighted by Gasteiger charge is -2.18. The molecule has 0 aliphatic carbocycles. The lowest BCUT2D eigenvalue weighted by atomic mass is 10.0. The van der Waals surface area contributed by atoms with Crippen LogP contribution in [0.5, 0.6) is 5.75 Å². The van der Waals surface area contributed by atoms with Crippen LogP contribution in [0.1, 0.15) is 37.4 Å². The van der Waals surface area contributed by atoms with Crippen LogP contribution in [0.3, 0.4) is 0 Å². The molecule has 102 valence electrons. The minimum absolute atomic E-state index is 0.386. The maximum Gasteiger partial charge on any atom is 0.123 e. The van der Waals surface area contributed by atoms with Crippen LogP contribution in [-0.2, 0) is 6.54 Å². The average molecular weight is 250 g/mol. The number of nitrogens with zero attached hydrogens (tertiary/aromatic N) is 1. The van der Waals surface area contributed by atoms with E-state index in [2.05, 4.69) is 56.4 Å². The highest BCUT2D eigenvalue weighted by Crippen LogP contribution is 2.24. The molecule has 0 heterocycles. The first-order chi connectivity index (χ1) is 8.58. The number of rotatable bonds is 7. The van der Waals surface area contributed by atoms with E-state index in [1.807, 2.05) is 0 Å². The van der Waals surface area contributed by atoms with E-state index >= 15 is 0 Å². The second-order valence-electron chi connectivity index (χ2n) is 4.98. The summed E-state index contributed by atoms with van der Waals surface area (Å²) in [6, 6.07) is 6.84. The van der Waals surface area contributed by atoms with Crippen molar-refractivity contribution in [1.29, 1.82) is 0 Å².